The van der Waals surface area contributed by atoms with Gasteiger partial charge in [0.05, 0.1) is 12.5 Å². The average Bonchev–Trinajstić information content (AvgIpc) is 3.16. The second kappa shape index (κ2) is 8.35. The molecule has 2 aromatic rings. The number of rotatable bonds is 5. The number of carbonyl (C=O) groups is 1. The van der Waals surface area contributed by atoms with Gasteiger partial charge in [0.15, 0.2) is 0 Å². The SMILES string of the molecule is CN(C)c1ccc(C(C#N)N2CCN(C(=O)Cc3cccs3)CC2)cc1. The van der Waals surface area contributed by atoms with Crippen LogP contribution in [0.15, 0.2) is 41.8 Å². The molecule has 0 radical (unpaired) electrons. The highest BCUT2D eigenvalue weighted by atomic mass is 32.1. The predicted molar refractivity (Wildman–Crippen MR) is 105 cm³/mol. The topological polar surface area (TPSA) is 50.6 Å². The van der Waals surface area contributed by atoms with Crippen LogP contribution in [0, 0.1) is 11.3 Å². The van der Waals surface area contributed by atoms with E-state index in [1.165, 1.54) is 0 Å². The number of nitriles is 1. The zero-order valence-electron chi connectivity index (χ0n) is 15.3. The summed E-state index contributed by atoms with van der Waals surface area (Å²) < 4.78 is 0. The smallest absolute Gasteiger partial charge is 0.227 e. The van der Waals surface area contributed by atoms with Gasteiger partial charge in [-0.3, -0.25) is 9.69 Å². The van der Waals surface area contributed by atoms with Crippen molar-refractivity contribution in [3.05, 3.63) is 52.2 Å². The van der Waals surface area contributed by atoms with Crippen molar-refractivity contribution in [3.63, 3.8) is 0 Å². The zero-order valence-corrected chi connectivity index (χ0v) is 16.1. The monoisotopic (exact) mass is 368 g/mol. The van der Waals surface area contributed by atoms with Crippen LogP contribution in [-0.4, -0.2) is 56.0 Å². The van der Waals surface area contributed by atoms with Crippen LogP contribution in [0.1, 0.15) is 16.5 Å². The van der Waals surface area contributed by atoms with E-state index in [1.54, 1.807) is 11.3 Å². The van der Waals surface area contributed by atoms with E-state index in [4.69, 9.17) is 0 Å². The first kappa shape index (κ1) is 18.4. The molecule has 0 saturated carbocycles. The van der Waals surface area contributed by atoms with Crippen molar-refractivity contribution in [2.75, 3.05) is 45.2 Å². The van der Waals surface area contributed by atoms with Gasteiger partial charge in [-0.15, -0.1) is 11.3 Å². The third-order valence-corrected chi connectivity index (χ3v) is 5.66. The molecule has 136 valence electrons. The number of hydrogen-bond acceptors (Lipinski definition) is 5. The van der Waals surface area contributed by atoms with Crippen molar-refractivity contribution in [3.8, 4) is 6.07 Å². The van der Waals surface area contributed by atoms with Crippen molar-refractivity contribution in [1.29, 1.82) is 5.26 Å². The second-order valence-electron chi connectivity index (χ2n) is 6.69. The van der Waals surface area contributed by atoms with Crippen molar-refractivity contribution in [2.45, 2.75) is 12.5 Å². The summed E-state index contributed by atoms with van der Waals surface area (Å²) in [6.45, 7) is 2.81. The average molecular weight is 369 g/mol. The van der Waals surface area contributed by atoms with Crippen LogP contribution in [0.2, 0.25) is 0 Å². The Hall–Kier alpha value is -2.36. The van der Waals surface area contributed by atoms with E-state index < -0.39 is 0 Å². The summed E-state index contributed by atoms with van der Waals surface area (Å²) in [5.41, 5.74) is 2.13. The highest BCUT2D eigenvalue weighted by Gasteiger charge is 2.27. The Morgan fingerprint density at radius 3 is 2.42 bits per heavy atom. The number of benzene rings is 1. The van der Waals surface area contributed by atoms with Gasteiger partial charge in [0.25, 0.3) is 0 Å². The first-order chi connectivity index (χ1) is 12.6. The molecule has 3 rings (SSSR count). The van der Waals surface area contributed by atoms with E-state index in [-0.39, 0.29) is 11.9 Å². The van der Waals surface area contributed by atoms with Gasteiger partial charge in [-0.2, -0.15) is 5.26 Å². The minimum Gasteiger partial charge on any atom is -0.378 e. The third-order valence-electron chi connectivity index (χ3n) is 4.79. The molecule has 1 saturated heterocycles. The van der Waals surface area contributed by atoms with Crippen molar-refractivity contribution >= 4 is 22.9 Å². The summed E-state index contributed by atoms with van der Waals surface area (Å²) in [4.78, 5) is 19.7. The molecule has 0 spiro atoms. The minimum atomic E-state index is -0.263. The van der Waals surface area contributed by atoms with Gasteiger partial charge < -0.3 is 9.80 Å². The fraction of sp³-hybridized carbons (Fsp3) is 0.400. The lowest BCUT2D eigenvalue weighted by atomic mass is 10.0. The third kappa shape index (κ3) is 4.24. The molecule has 1 aromatic heterocycles. The Labute approximate surface area is 159 Å². The number of thiophene rings is 1. The molecule has 1 aliphatic heterocycles. The van der Waals surface area contributed by atoms with Crippen LogP contribution in [0.4, 0.5) is 5.69 Å². The molecule has 26 heavy (non-hydrogen) atoms. The molecule has 1 unspecified atom stereocenters. The fourth-order valence-electron chi connectivity index (χ4n) is 3.23. The maximum Gasteiger partial charge on any atom is 0.227 e. The molecule has 6 heteroatoms. The number of anilines is 1. The van der Waals surface area contributed by atoms with E-state index in [9.17, 15) is 10.1 Å². The molecule has 1 aromatic carbocycles. The van der Waals surface area contributed by atoms with Gasteiger partial charge in [-0.1, -0.05) is 18.2 Å². The van der Waals surface area contributed by atoms with Crippen LogP contribution in [-0.2, 0) is 11.2 Å². The summed E-state index contributed by atoms with van der Waals surface area (Å²) in [5, 5.41) is 11.7. The Morgan fingerprint density at radius 1 is 1.19 bits per heavy atom. The summed E-state index contributed by atoms with van der Waals surface area (Å²) in [5.74, 6) is 0.177. The molecular weight excluding hydrogens is 344 g/mol. The van der Waals surface area contributed by atoms with Crippen LogP contribution < -0.4 is 4.90 Å². The molecule has 1 aliphatic rings. The molecule has 0 N–H and O–H groups in total. The van der Waals surface area contributed by atoms with E-state index in [0.29, 0.717) is 19.5 Å². The fourth-order valence-corrected chi connectivity index (χ4v) is 3.92. The van der Waals surface area contributed by atoms with Gasteiger partial charge in [0.1, 0.15) is 6.04 Å². The van der Waals surface area contributed by atoms with Crippen molar-refractivity contribution in [2.24, 2.45) is 0 Å². The normalized spacial score (nSPS) is 16.1. The van der Waals surface area contributed by atoms with Crippen molar-refractivity contribution in [1.82, 2.24) is 9.80 Å². The predicted octanol–water partition coefficient (Wildman–Crippen LogP) is 2.77. The van der Waals surface area contributed by atoms with Gasteiger partial charge in [0.2, 0.25) is 5.91 Å². The zero-order chi connectivity index (χ0) is 18.5. The van der Waals surface area contributed by atoms with E-state index in [1.807, 2.05) is 65.7 Å². The Balaban J connectivity index is 1.59. The summed E-state index contributed by atoms with van der Waals surface area (Å²) in [7, 11) is 4.01. The molecule has 0 aliphatic carbocycles. The Kier molecular flexibility index (Phi) is 5.92. The maximum atomic E-state index is 12.4. The maximum absolute atomic E-state index is 12.4. The molecule has 1 atom stereocenters. The van der Waals surface area contributed by atoms with Crippen LogP contribution >= 0.6 is 11.3 Å². The van der Waals surface area contributed by atoms with E-state index >= 15 is 0 Å². The summed E-state index contributed by atoms with van der Waals surface area (Å²) in [6.07, 6.45) is 0.478. The largest absolute Gasteiger partial charge is 0.378 e. The van der Waals surface area contributed by atoms with Gasteiger partial charge >= 0.3 is 0 Å². The quantitative estimate of drug-likeness (QED) is 0.814. The molecule has 5 nitrogen and oxygen atoms in total. The Bertz CT molecular complexity index is 756. The van der Waals surface area contributed by atoms with Crippen molar-refractivity contribution < 1.29 is 4.79 Å². The Morgan fingerprint density at radius 2 is 1.88 bits per heavy atom. The molecule has 1 fully saturated rings. The lowest BCUT2D eigenvalue weighted by Crippen LogP contribution is -2.49. The second-order valence-corrected chi connectivity index (χ2v) is 7.72. The highest BCUT2D eigenvalue weighted by molar-refractivity contribution is 7.10. The van der Waals surface area contributed by atoms with Crippen LogP contribution in [0.25, 0.3) is 0 Å². The molecule has 0 bridgehead atoms. The van der Waals surface area contributed by atoms with Crippen LogP contribution in [0.3, 0.4) is 0 Å². The standard InChI is InChI=1S/C20H24N4OS/c1-22(2)17-7-5-16(6-8-17)19(15-21)23-9-11-24(12-10-23)20(25)14-18-4-3-13-26-18/h3-8,13,19H,9-12,14H2,1-2H3. The lowest BCUT2D eigenvalue weighted by molar-refractivity contribution is -0.132. The number of amides is 1. The first-order valence-corrected chi connectivity index (χ1v) is 9.67. The molecule has 1 amide bonds. The lowest BCUT2D eigenvalue weighted by Gasteiger charge is -2.37. The summed E-state index contributed by atoms with van der Waals surface area (Å²) >= 11 is 1.62. The molecular formula is C20H24N4OS. The van der Waals surface area contributed by atoms with E-state index in [0.717, 1.165) is 29.2 Å². The minimum absolute atomic E-state index is 0.177. The van der Waals surface area contributed by atoms with Gasteiger partial charge in [0, 0.05) is 50.8 Å². The van der Waals surface area contributed by atoms with Gasteiger partial charge in [-0.05, 0) is 29.1 Å². The van der Waals surface area contributed by atoms with Gasteiger partial charge in [-0.25, -0.2) is 0 Å². The first-order valence-electron chi connectivity index (χ1n) is 8.79. The number of piperazine rings is 1. The molecule has 2 heterocycles. The van der Waals surface area contributed by atoms with E-state index in [2.05, 4.69) is 11.0 Å². The number of carbonyl (C=O) groups excluding carboxylic acids is 1. The highest BCUT2D eigenvalue weighted by Crippen LogP contribution is 2.24. The van der Waals surface area contributed by atoms with Crippen LogP contribution in [0.5, 0.6) is 0 Å². The number of nitrogens with zero attached hydrogens (tertiary/aromatic N) is 4. The number of hydrogen-bond donors (Lipinski definition) is 0. The summed E-state index contributed by atoms with van der Waals surface area (Å²) in [6, 6.07) is 14.3.